The molecule has 4 N–H and O–H groups in total. The predicted molar refractivity (Wildman–Crippen MR) is 128 cm³/mol. The monoisotopic (exact) mass is 451 g/mol. The van der Waals surface area contributed by atoms with Gasteiger partial charge in [-0.3, -0.25) is 19.9 Å². The molecule has 0 unspecified atom stereocenters. The summed E-state index contributed by atoms with van der Waals surface area (Å²) in [6.45, 7) is 11.6. The number of hydrogen-bond acceptors (Lipinski definition) is 5. The third kappa shape index (κ3) is 5.25. The van der Waals surface area contributed by atoms with Crippen molar-refractivity contribution in [1.29, 1.82) is 5.41 Å². The van der Waals surface area contributed by atoms with Crippen molar-refractivity contribution in [3.63, 3.8) is 0 Å². The van der Waals surface area contributed by atoms with Gasteiger partial charge in [-0.25, -0.2) is 15.2 Å². The number of pyridine rings is 1. The number of nitrogens with one attached hydrogen (secondary N) is 2. The van der Waals surface area contributed by atoms with Crippen LogP contribution < -0.4 is 11.2 Å². The predicted octanol–water partition coefficient (Wildman–Crippen LogP) is 4.31. The first-order valence-electron chi connectivity index (χ1n) is 10.7. The number of halogens is 1. The first-order valence-corrected chi connectivity index (χ1v) is 10.7. The number of nitrogens with two attached hydrogens (primary N) is 1. The van der Waals surface area contributed by atoms with Crippen LogP contribution in [0.1, 0.15) is 56.2 Å². The van der Waals surface area contributed by atoms with Crippen molar-refractivity contribution in [2.45, 2.75) is 53.1 Å². The Balaban J connectivity index is 1.89. The van der Waals surface area contributed by atoms with Crippen LogP contribution in [0.15, 0.2) is 42.7 Å². The number of nitrogens with zero attached hydrogens (tertiary/aromatic N) is 4. The molecule has 33 heavy (non-hydrogen) atoms. The van der Waals surface area contributed by atoms with Gasteiger partial charge >= 0.3 is 0 Å². The van der Waals surface area contributed by atoms with E-state index in [1.807, 2.05) is 45.5 Å². The average molecular weight is 452 g/mol. The quantitative estimate of drug-likeness (QED) is 0.232. The summed E-state index contributed by atoms with van der Waals surface area (Å²) in [5, 5.41) is 16.5. The van der Waals surface area contributed by atoms with Gasteiger partial charge in [0.15, 0.2) is 5.84 Å². The summed E-state index contributed by atoms with van der Waals surface area (Å²) in [5.41, 5.74) is 2.19. The molecule has 0 atom stereocenters. The second-order valence-electron chi connectivity index (χ2n) is 9.20. The largest absolute Gasteiger partial charge is 0.306 e. The lowest BCUT2D eigenvalue weighted by molar-refractivity contribution is 0.102. The third-order valence-corrected chi connectivity index (χ3v) is 5.19. The van der Waals surface area contributed by atoms with Crippen LogP contribution in [0.5, 0.6) is 0 Å². The Bertz CT molecular complexity index is 1190. The van der Waals surface area contributed by atoms with Gasteiger partial charge in [-0.05, 0) is 76.9 Å². The SMILES string of the molecule is Cc1cc(F)c(C(=O)Nc2cccc(C(=N)N(N)C(C)C)n2)cc1-c1cnn(C(C)(C)C)c1. The summed E-state index contributed by atoms with van der Waals surface area (Å²) < 4.78 is 16.6. The van der Waals surface area contributed by atoms with Gasteiger partial charge in [0.25, 0.3) is 5.91 Å². The molecule has 174 valence electrons. The van der Waals surface area contributed by atoms with E-state index in [1.165, 1.54) is 17.1 Å². The molecule has 9 heteroatoms. The number of amidine groups is 1. The van der Waals surface area contributed by atoms with Crippen LogP contribution in [0.2, 0.25) is 0 Å². The third-order valence-electron chi connectivity index (χ3n) is 5.19. The molecule has 0 spiro atoms. The zero-order valence-electron chi connectivity index (χ0n) is 19.8. The lowest BCUT2D eigenvalue weighted by Gasteiger charge is -2.23. The number of aryl methyl sites for hydroxylation is 1. The zero-order valence-corrected chi connectivity index (χ0v) is 19.8. The van der Waals surface area contributed by atoms with E-state index < -0.39 is 11.7 Å². The number of rotatable bonds is 5. The summed E-state index contributed by atoms with van der Waals surface area (Å²) in [6, 6.07) is 7.62. The van der Waals surface area contributed by atoms with E-state index >= 15 is 0 Å². The summed E-state index contributed by atoms with van der Waals surface area (Å²) in [6.07, 6.45) is 3.59. The Labute approximate surface area is 193 Å². The maximum absolute atomic E-state index is 14.7. The van der Waals surface area contributed by atoms with Crippen LogP contribution in [0.25, 0.3) is 11.1 Å². The van der Waals surface area contributed by atoms with E-state index in [4.69, 9.17) is 11.3 Å². The van der Waals surface area contributed by atoms with Crippen molar-refractivity contribution in [2.75, 3.05) is 5.32 Å². The van der Waals surface area contributed by atoms with Gasteiger partial charge in [0.1, 0.15) is 17.3 Å². The molecule has 0 radical (unpaired) electrons. The number of anilines is 1. The summed E-state index contributed by atoms with van der Waals surface area (Å²) >= 11 is 0. The molecule has 0 aliphatic heterocycles. The van der Waals surface area contributed by atoms with Crippen LogP contribution >= 0.6 is 0 Å². The summed E-state index contributed by atoms with van der Waals surface area (Å²) in [5.74, 6) is 4.84. The van der Waals surface area contributed by atoms with Gasteiger partial charge in [0, 0.05) is 17.8 Å². The number of aromatic nitrogens is 3. The van der Waals surface area contributed by atoms with Crippen LogP contribution in [0, 0.1) is 18.2 Å². The van der Waals surface area contributed by atoms with Gasteiger partial charge in [0.2, 0.25) is 0 Å². The Morgan fingerprint density at radius 1 is 1.27 bits per heavy atom. The summed E-state index contributed by atoms with van der Waals surface area (Å²) in [7, 11) is 0. The van der Waals surface area contributed by atoms with Gasteiger partial charge in [-0.15, -0.1) is 0 Å². The molecule has 0 saturated carbocycles. The molecule has 1 aromatic carbocycles. The Kier molecular flexibility index (Phi) is 6.64. The lowest BCUT2D eigenvalue weighted by atomic mass is 9.99. The van der Waals surface area contributed by atoms with Crippen molar-refractivity contribution in [2.24, 2.45) is 5.84 Å². The van der Waals surface area contributed by atoms with Crippen LogP contribution in [0.3, 0.4) is 0 Å². The first-order chi connectivity index (χ1) is 15.4. The topological polar surface area (TPSA) is 113 Å². The second-order valence-corrected chi connectivity index (χ2v) is 9.20. The van der Waals surface area contributed by atoms with Crippen molar-refractivity contribution in [1.82, 2.24) is 19.8 Å². The fourth-order valence-corrected chi connectivity index (χ4v) is 3.20. The zero-order chi connectivity index (χ0) is 24.5. The molecule has 0 fully saturated rings. The molecule has 0 saturated heterocycles. The van der Waals surface area contributed by atoms with Gasteiger partial charge in [-0.1, -0.05) is 6.07 Å². The lowest BCUT2D eigenvalue weighted by Crippen LogP contribution is -2.43. The smallest absolute Gasteiger partial charge is 0.259 e. The molecular formula is C24H30FN7O. The van der Waals surface area contributed by atoms with E-state index in [0.717, 1.165) is 11.1 Å². The molecule has 1 amide bonds. The molecule has 2 heterocycles. The normalized spacial score (nSPS) is 11.5. The van der Waals surface area contributed by atoms with Crippen LogP contribution in [0.4, 0.5) is 10.2 Å². The average Bonchev–Trinajstić information content (AvgIpc) is 3.23. The molecule has 0 aliphatic carbocycles. The number of amides is 1. The highest BCUT2D eigenvalue weighted by molar-refractivity contribution is 6.05. The highest BCUT2D eigenvalue weighted by atomic mass is 19.1. The number of hydrogen-bond donors (Lipinski definition) is 3. The van der Waals surface area contributed by atoms with E-state index in [2.05, 4.69) is 15.4 Å². The molecule has 3 rings (SSSR count). The molecular weight excluding hydrogens is 421 g/mol. The molecule has 0 aliphatic rings. The standard InChI is InChI=1S/C24H30FN7O/c1-14(2)32(27)22(26)20-8-7-9-21(29-20)30-23(33)18-11-17(15(3)10-19(18)25)16-12-28-31(13-16)24(4,5)6/h7-14,26H,27H2,1-6H3,(H,29,30,33). The van der Waals surface area contributed by atoms with Crippen molar-refractivity contribution in [3.8, 4) is 11.1 Å². The van der Waals surface area contributed by atoms with E-state index in [0.29, 0.717) is 11.3 Å². The second kappa shape index (κ2) is 9.11. The number of carbonyl (C=O) groups is 1. The van der Waals surface area contributed by atoms with Gasteiger partial charge in [-0.2, -0.15) is 5.10 Å². The first kappa shape index (κ1) is 24.1. The Morgan fingerprint density at radius 2 is 1.97 bits per heavy atom. The minimum absolute atomic E-state index is 0.0146. The molecule has 3 aromatic rings. The fraction of sp³-hybridized carbons (Fsp3) is 0.333. The van der Waals surface area contributed by atoms with E-state index in [9.17, 15) is 9.18 Å². The minimum Gasteiger partial charge on any atom is -0.306 e. The molecule has 8 nitrogen and oxygen atoms in total. The maximum Gasteiger partial charge on any atom is 0.259 e. The highest BCUT2D eigenvalue weighted by Crippen LogP contribution is 2.28. The van der Waals surface area contributed by atoms with E-state index in [1.54, 1.807) is 31.3 Å². The number of benzene rings is 1. The molecule has 2 aromatic heterocycles. The minimum atomic E-state index is -0.637. The summed E-state index contributed by atoms with van der Waals surface area (Å²) in [4.78, 5) is 17.2. The van der Waals surface area contributed by atoms with Gasteiger partial charge < -0.3 is 5.32 Å². The van der Waals surface area contributed by atoms with E-state index in [-0.39, 0.29) is 28.8 Å². The molecule has 0 bridgehead atoms. The van der Waals surface area contributed by atoms with Crippen molar-refractivity contribution in [3.05, 3.63) is 65.4 Å². The van der Waals surface area contributed by atoms with Crippen LogP contribution in [-0.2, 0) is 5.54 Å². The maximum atomic E-state index is 14.7. The van der Waals surface area contributed by atoms with Crippen molar-refractivity contribution >= 4 is 17.6 Å². The Morgan fingerprint density at radius 3 is 2.58 bits per heavy atom. The van der Waals surface area contributed by atoms with Gasteiger partial charge in [0.05, 0.1) is 17.3 Å². The fourth-order valence-electron chi connectivity index (χ4n) is 3.20. The number of hydrazine groups is 1. The van der Waals surface area contributed by atoms with Crippen LogP contribution in [-0.4, -0.2) is 37.6 Å². The Hall–Kier alpha value is -3.59. The number of carbonyl (C=O) groups excluding carboxylic acids is 1. The highest BCUT2D eigenvalue weighted by Gasteiger charge is 2.20. The van der Waals surface area contributed by atoms with Crippen molar-refractivity contribution < 1.29 is 9.18 Å².